The summed E-state index contributed by atoms with van der Waals surface area (Å²) in [4.78, 5) is 15.3. The molecule has 8 heteroatoms. The fourth-order valence-electron chi connectivity index (χ4n) is 10.4. The number of quaternary nitrogens is 1. The molecule has 0 bridgehead atoms. The van der Waals surface area contributed by atoms with Crippen molar-refractivity contribution in [2.45, 2.75) is 217 Å². The zero-order valence-electron chi connectivity index (χ0n) is 29.3. The van der Waals surface area contributed by atoms with Gasteiger partial charge in [-0.1, -0.05) is 64.7 Å². The second-order valence-electron chi connectivity index (χ2n) is 16.2. The van der Waals surface area contributed by atoms with Gasteiger partial charge in [0.05, 0.1) is 42.4 Å². The Morgan fingerprint density at radius 3 is 2.36 bits per heavy atom. The minimum absolute atomic E-state index is 0.00125. The van der Waals surface area contributed by atoms with Gasteiger partial charge in [-0.2, -0.15) is 0 Å². The molecule has 12 atom stereocenters. The summed E-state index contributed by atoms with van der Waals surface area (Å²) in [6.45, 7) is 8.93. The number of carbonyl (C=O) groups is 1. The van der Waals surface area contributed by atoms with Gasteiger partial charge in [0.1, 0.15) is 5.92 Å². The zero-order chi connectivity index (χ0) is 31.3. The molecule has 0 aromatic heterocycles. The predicted molar refractivity (Wildman–Crippen MR) is 181 cm³/mol. The largest absolute Gasteiger partial charge is 0.462 e. The summed E-state index contributed by atoms with van der Waals surface area (Å²) in [7, 11) is 0. The van der Waals surface area contributed by atoms with Crippen LogP contribution in [0.3, 0.4) is 0 Å². The Hall–Kier alpha value is -1.38. The van der Waals surface area contributed by atoms with Crippen molar-refractivity contribution in [1.29, 1.82) is 0 Å². The van der Waals surface area contributed by atoms with Crippen molar-refractivity contribution >= 4 is 11.9 Å². The number of esters is 1. The van der Waals surface area contributed by atoms with E-state index in [0.717, 1.165) is 31.3 Å². The molecule has 12 unspecified atom stereocenters. The number of hydrogen-bond acceptors (Lipinski definition) is 6. The number of nitrogens with zero attached hydrogens (tertiary/aromatic N) is 1. The Morgan fingerprint density at radius 2 is 1.56 bits per heavy atom. The van der Waals surface area contributed by atoms with Gasteiger partial charge in [-0.15, -0.1) is 0 Å². The molecule has 256 valence electrons. The number of ether oxygens (including phenoxy) is 1. The lowest BCUT2D eigenvalue weighted by atomic mass is 9.89. The summed E-state index contributed by atoms with van der Waals surface area (Å²) in [5.74, 6) is 1.12. The summed E-state index contributed by atoms with van der Waals surface area (Å²) >= 11 is 0. The Labute approximate surface area is 274 Å². The van der Waals surface area contributed by atoms with Crippen molar-refractivity contribution in [2.24, 2.45) is 5.92 Å². The molecule has 5 N–H and O–H groups in total. The highest BCUT2D eigenvalue weighted by Gasteiger charge is 2.53. The highest BCUT2D eigenvalue weighted by Crippen LogP contribution is 2.35. The molecule has 0 saturated carbocycles. The standard InChI is InChI=1S/C37H66N6O2/c1-5-6-7-9-13-16-29-24-32-20-21-33-34(27(4)39-37(41-29)43(32)33)35(44)45-26(3)15-12-10-8-11-14-17-28-23-31-19-18-30-22-25(2)38-36(40-28)42(30)31/h25-34,36,38,40H,5-24H2,1-4H3,(H,39,41)/p+2. The van der Waals surface area contributed by atoms with Crippen molar-refractivity contribution in [3.8, 4) is 0 Å². The lowest BCUT2D eigenvalue weighted by molar-refractivity contribution is -0.977. The molecular formula is C37H68N6O2+2. The lowest BCUT2D eigenvalue weighted by Crippen LogP contribution is -3.26. The van der Waals surface area contributed by atoms with Crippen LogP contribution in [0.5, 0.6) is 0 Å². The van der Waals surface area contributed by atoms with E-state index in [1.165, 1.54) is 115 Å². The molecule has 0 amide bonds. The topological polar surface area (TPSA) is 81.9 Å². The molecule has 4 fully saturated rings. The molecule has 45 heavy (non-hydrogen) atoms. The highest BCUT2D eigenvalue weighted by molar-refractivity contribution is 5.81. The molecule has 0 spiro atoms. The first kappa shape index (κ1) is 33.5. The predicted octanol–water partition coefficient (Wildman–Crippen LogP) is 4.32. The van der Waals surface area contributed by atoms with E-state index in [9.17, 15) is 4.79 Å². The van der Waals surface area contributed by atoms with Crippen LogP contribution < -0.4 is 26.2 Å². The van der Waals surface area contributed by atoms with Crippen LogP contribution in [0.2, 0.25) is 0 Å². The summed E-state index contributed by atoms with van der Waals surface area (Å²) in [6.07, 6.45) is 26.2. The monoisotopic (exact) mass is 629 g/mol. The first-order chi connectivity index (χ1) is 21.9. The average Bonchev–Trinajstić information content (AvgIpc) is 3.61. The van der Waals surface area contributed by atoms with E-state index in [4.69, 9.17) is 4.74 Å². The second-order valence-corrected chi connectivity index (χ2v) is 16.2. The third-order valence-electron chi connectivity index (χ3n) is 12.6. The molecule has 6 rings (SSSR count). The number of guanidine groups is 1. The van der Waals surface area contributed by atoms with Crippen molar-refractivity contribution in [3.63, 3.8) is 0 Å². The van der Waals surface area contributed by atoms with Gasteiger partial charge in [0.15, 0.2) is 6.29 Å². The van der Waals surface area contributed by atoms with Crippen molar-refractivity contribution in [2.75, 3.05) is 0 Å². The third kappa shape index (κ3) is 8.02. The summed E-state index contributed by atoms with van der Waals surface area (Å²) in [5, 5.41) is 15.4. The fourth-order valence-corrected chi connectivity index (χ4v) is 10.4. The Balaban J connectivity index is 0.863. The quantitative estimate of drug-likeness (QED) is 0.0996. The van der Waals surface area contributed by atoms with Crippen molar-refractivity contribution in [1.82, 2.24) is 21.3 Å². The molecule has 0 aromatic rings. The van der Waals surface area contributed by atoms with Crippen LogP contribution in [-0.2, 0) is 9.53 Å². The van der Waals surface area contributed by atoms with E-state index < -0.39 is 0 Å². The van der Waals surface area contributed by atoms with Gasteiger partial charge in [-0.05, 0) is 59.3 Å². The van der Waals surface area contributed by atoms with Crippen LogP contribution in [0, 0.1) is 5.92 Å². The normalized spacial score (nSPS) is 39.1. The Morgan fingerprint density at radius 1 is 0.844 bits per heavy atom. The van der Waals surface area contributed by atoms with E-state index >= 15 is 0 Å². The number of rotatable bonds is 16. The molecule has 6 aliphatic rings. The zero-order valence-corrected chi connectivity index (χ0v) is 29.3. The number of nitrogens with one attached hydrogen (secondary N) is 5. The lowest BCUT2D eigenvalue weighted by Gasteiger charge is -2.47. The van der Waals surface area contributed by atoms with Crippen LogP contribution in [0.1, 0.15) is 156 Å². The average molecular weight is 629 g/mol. The van der Waals surface area contributed by atoms with Crippen LogP contribution in [0.25, 0.3) is 0 Å². The molecular weight excluding hydrogens is 560 g/mol. The number of carbonyl (C=O) groups excluding carboxylic acids is 1. The highest BCUT2D eigenvalue weighted by atomic mass is 16.5. The fraction of sp³-hybridized carbons (Fsp3) is 0.946. The minimum Gasteiger partial charge on any atom is -0.462 e. The smallest absolute Gasteiger partial charge is 0.346 e. The van der Waals surface area contributed by atoms with E-state index in [-0.39, 0.29) is 30.1 Å². The van der Waals surface area contributed by atoms with Gasteiger partial charge in [0.25, 0.3) is 0 Å². The second kappa shape index (κ2) is 15.7. The van der Waals surface area contributed by atoms with Crippen LogP contribution in [0.15, 0.2) is 0 Å². The van der Waals surface area contributed by atoms with Crippen LogP contribution in [-0.4, -0.2) is 77.2 Å². The molecule has 8 nitrogen and oxygen atoms in total. The number of unbranched alkanes of at least 4 members (excludes halogenated alkanes) is 8. The van der Waals surface area contributed by atoms with Gasteiger partial charge < -0.3 is 9.64 Å². The van der Waals surface area contributed by atoms with Crippen LogP contribution >= 0.6 is 0 Å². The SMILES string of the molecule is CCCCCCCC1CC2CCC3C(C(=O)OC(C)CCCCCCCC4CC5CCC6CC(C)NC(N4)[NH+]65)C(C)NC(=[N+]23)N1. The maximum absolute atomic E-state index is 13.5. The van der Waals surface area contributed by atoms with Gasteiger partial charge in [0, 0.05) is 44.2 Å². The maximum Gasteiger partial charge on any atom is 0.346 e. The minimum atomic E-state index is -0.0854. The van der Waals surface area contributed by atoms with E-state index in [0.29, 0.717) is 30.5 Å². The van der Waals surface area contributed by atoms with Gasteiger partial charge >= 0.3 is 11.9 Å². The molecule has 6 heterocycles. The third-order valence-corrected chi connectivity index (χ3v) is 12.6. The molecule has 4 saturated heterocycles. The number of hydrogen-bond donors (Lipinski definition) is 5. The maximum atomic E-state index is 13.5. The van der Waals surface area contributed by atoms with Gasteiger partial charge in [-0.3, -0.25) is 30.6 Å². The van der Waals surface area contributed by atoms with Gasteiger partial charge in [-0.25, -0.2) is 0 Å². The first-order valence-corrected chi connectivity index (χ1v) is 19.7. The summed E-state index contributed by atoms with van der Waals surface area (Å²) < 4.78 is 8.66. The van der Waals surface area contributed by atoms with Crippen molar-refractivity contribution in [3.05, 3.63) is 0 Å². The Bertz CT molecular complexity index is 1010. The molecule has 0 aliphatic carbocycles. The summed E-state index contributed by atoms with van der Waals surface area (Å²) in [6, 6.07) is 4.58. The van der Waals surface area contributed by atoms with E-state index in [1.807, 2.05) is 4.90 Å². The van der Waals surface area contributed by atoms with E-state index in [2.05, 4.69) is 53.5 Å². The molecule has 0 aromatic carbocycles. The molecule has 6 aliphatic heterocycles. The van der Waals surface area contributed by atoms with Crippen LogP contribution in [0.4, 0.5) is 0 Å². The Kier molecular flexibility index (Phi) is 11.7. The van der Waals surface area contributed by atoms with Crippen molar-refractivity contribution < 1.29 is 19.0 Å². The first-order valence-electron chi connectivity index (χ1n) is 19.7. The summed E-state index contributed by atoms with van der Waals surface area (Å²) in [5.41, 5.74) is 0. The van der Waals surface area contributed by atoms with E-state index in [1.54, 1.807) is 0 Å². The molecule has 0 radical (unpaired) electrons. The van der Waals surface area contributed by atoms with Gasteiger partial charge in [0.2, 0.25) is 0 Å².